The fraction of sp³-hybridized carbons (Fsp3) is 0.727. The van der Waals surface area contributed by atoms with Gasteiger partial charge in [0.25, 0.3) is 0 Å². The van der Waals surface area contributed by atoms with Crippen molar-refractivity contribution in [3.63, 3.8) is 0 Å². The van der Waals surface area contributed by atoms with Crippen LogP contribution in [-0.4, -0.2) is 16.1 Å². The van der Waals surface area contributed by atoms with Crippen molar-refractivity contribution in [1.29, 1.82) is 0 Å². The van der Waals surface area contributed by atoms with Crippen LogP contribution in [0.4, 0.5) is 0 Å². The largest absolute Gasteiger partial charge is 0.334 e. The number of imidazole rings is 1. The second-order valence-electron chi connectivity index (χ2n) is 3.93. The van der Waals surface area contributed by atoms with E-state index in [1.165, 1.54) is 31.5 Å². The Balaban J connectivity index is 2.11. The van der Waals surface area contributed by atoms with Gasteiger partial charge >= 0.3 is 0 Å². The Bertz CT molecular complexity index is 272. The lowest BCUT2D eigenvalue weighted by Crippen LogP contribution is -2.23. The SMILES string of the molecule is CCn1ccnc1C1CCCCCN1. The van der Waals surface area contributed by atoms with E-state index in [-0.39, 0.29) is 0 Å². The molecule has 1 atom stereocenters. The fourth-order valence-electron chi connectivity index (χ4n) is 2.15. The van der Waals surface area contributed by atoms with Crippen molar-refractivity contribution >= 4 is 0 Å². The zero-order valence-electron chi connectivity index (χ0n) is 8.87. The maximum Gasteiger partial charge on any atom is 0.125 e. The van der Waals surface area contributed by atoms with Gasteiger partial charge in [0.1, 0.15) is 5.82 Å². The Kier molecular flexibility index (Phi) is 3.19. The molecule has 1 aliphatic rings. The van der Waals surface area contributed by atoms with E-state index in [2.05, 4.69) is 28.0 Å². The normalized spacial score (nSPS) is 23.4. The Hall–Kier alpha value is -0.830. The summed E-state index contributed by atoms with van der Waals surface area (Å²) < 4.78 is 2.24. The van der Waals surface area contributed by atoms with E-state index in [0.29, 0.717) is 6.04 Å². The lowest BCUT2D eigenvalue weighted by atomic mass is 10.1. The minimum atomic E-state index is 0.479. The molecule has 0 aromatic carbocycles. The van der Waals surface area contributed by atoms with Crippen LogP contribution in [0, 0.1) is 0 Å². The zero-order valence-corrected chi connectivity index (χ0v) is 8.87. The van der Waals surface area contributed by atoms with Gasteiger partial charge in [0.2, 0.25) is 0 Å². The molecular weight excluding hydrogens is 174 g/mol. The molecule has 3 nitrogen and oxygen atoms in total. The molecule has 1 N–H and O–H groups in total. The van der Waals surface area contributed by atoms with Crippen molar-refractivity contribution in [1.82, 2.24) is 14.9 Å². The topological polar surface area (TPSA) is 29.9 Å². The third-order valence-corrected chi connectivity index (χ3v) is 2.96. The van der Waals surface area contributed by atoms with Crippen molar-refractivity contribution in [2.24, 2.45) is 0 Å². The van der Waals surface area contributed by atoms with Crippen molar-refractivity contribution in [2.75, 3.05) is 6.54 Å². The molecule has 2 heterocycles. The Labute approximate surface area is 85.5 Å². The minimum Gasteiger partial charge on any atom is -0.334 e. The van der Waals surface area contributed by atoms with Gasteiger partial charge in [-0.15, -0.1) is 0 Å². The first-order valence-corrected chi connectivity index (χ1v) is 5.66. The van der Waals surface area contributed by atoms with E-state index in [1.54, 1.807) is 0 Å². The summed E-state index contributed by atoms with van der Waals surface area (Å²) in [6.07, 6.45) is 9.21. The fourth-order valence-corrected chi connectivity index (χ4v) is 2.15. The van der Waals surface area contributed by atoms with Gasteiger partial charge in [0, 0.05) is 18.9 Å². The summed E-state index contributed by atoms with van der Waals surface area (Å²) in [5, 5.41) is 3.58. The van der Waals surface area contributed by atoms with Crippen LogP contribution < -0.4 is 5.32 Å². The molecule has 0 saturated carbocycles. The van der Waals surface area contributed by atoms with E-state index in [1.807, 2.05) is 6.20 Å². The van der Waals surface area contributed by atoms with Crippen LogP contribution in [0.15, 0.2) is 12.4 Å². The molecule has 0 bridgehead atoms. The molecule has 0 radical (unpaired) electrons. The lowest BCUT2D eigenvalue weighted by Gasteiger charge is -2.16. The van der Waals surface area contributed by atoms with Gasteiger partial charge in [-0.05, 0) is 26.3 Å². The van der Waals surface area contributed by atoms with Gasteiger partial charge < -0.3 is 9.88 Å². The molecule has 1 aliphatic heterocycles. The van der Waals surface area contributed by atoms with Crippen LogP contribution in [0.1, 0.15) is 44.5 Å². The Morgan fingerprint density at radius 1 is 1.50 bits per heavy atom. The molecule has 3 heteroatoms. The van der Waals surface area contributed by atoms with Gasteiger partial charge in [0.15, 0.2) is 0 Å². The first-order chi connectivity index (χ1) is 6.92. The first kappa shape index (κ1) is 9.71. The smallest absolute Gasteiger partial charge is 0.125 e. The van der Waals surface area contributed by atoms with Crippen molar-refractivity contribution in [3.8, 4) is 0 Å². The summed E-state index contributed by atoms with van der Waals surface area (Å²) in [4.78, 5) is 4.45. The number of nitrogens with one attached hydrogen (secondary N) is 1. The average Bonchev–Trinajstić information content (AvgIpc) is 2.52. The van der Waals surface area contributed by atoms with Crippen LogP contribution in [0.25, 0.3) is 0 Å². The van der Waals surface area contributed by atoms with Crippen LogP contribution in [0.2, 0.25) is 0 Å². The highest BCUT2D eigenvalue weighted by atomic mass is 15.1. The summed E-state index contributed by atoms with van der Waals surface area (Å²) in [7, 11) is 0. The molecule has 2 rings (SSSR count). The maximum absolute atomic E-state index is 4.45. The summed E-state index contributed by atoms with van der Waals surface area (Å²) in [6.45, 7) is 4.33. The highest BCUT2D eigenvalue weighted by Gasteiger charge is 2.17. The van der Waals surface area contributed by atoms with Crippen LogP contribution in [0.5, 0.6) is 0 Å². The third-order valence-electron chi connectivity index (χ3n) is 2.96. The summed E-state index contributed by atoms with van der Waals surface area (Å²) >= 11 is 0. The Morgan fingerprint density at radius 2 is 2.43 bits per heavy atom. The number of aromatic nitrogens is 2. The van der Waals surface area contributed by atoms with Gasteiger partial charge in [-0.1, -0.05) is 12.8 Å². The maximum atomic E-state index is 4.45. The van der Waals surface area contributed by atoms with Crippen LogP contribution >= 0.6 is 0 Å². The number of rotatable bonds is 2. The number of nitrogens with zero attached hydrogens (tertiary/aromatic N) is 2. The molecular formula is C11H19N3. The Morgan fingerprint density at radius 3 is 3.29 bits per heavy atom. The highest BCUT2D eigenvalue weighted by molar-refractivity contribution is 4.99. The molecule has 1 saturated heterocycles. The average molecular weight is 193 g/mol. The summed E-state index contributed by atoms with van der Waals surface area (Å²) in [6, 6.07) is 0.479. The highest BCUT2D eigenvalue weighted by Crippen LogP contribution is 2.21. The van der Waals surface area contributed by atoms with E-state index >= 15 is 0 Å². The predicted molar refractivity (Wildman–Crippen MR) is 57.1 cm³/mol. The van der Waals surface area contributed by atoms with E-state index in [4.69, 9.17) is 0 Å². The zero-order chi connectivity index (χ0) is 9.80. The summed E-state index contributed by atoms with van der Waals surface area (Å²) in [5.41, 5.74) is 0. The van der Waals surface area contributed by atoms with Crippen molar-refractivity contribution in [3.05, 3.63) is 18.2 Å². The monoisotopic (exact) mass is 193 g/mol. The second kappa shape index (κ2) is 4.60. The van der Waals surface area contributed by atoms with E-state index in [0.717, 1.165) is 13.1 Å². The molecule has 0 aliphatic carbocycles. The molecule has 0 amide bonds. The quantitative estimate of drug-likeness (QED) is 0.779. The van der Waals surface area contributed by atoms with Crippen LogP contribution in [-0.2, 0) is 6.54 Å². The van der Waals surface area contributed by atoms with E-state index < -0.39 is 0 Å². The van der Waals surface area contributed by atoms with Gasteiger partial charge in [-0.2, -0.15) is 0 Å². The van der Waals surface area contributed by atoms with Crippen molar-refractivity contribution in [2.45, 2.75) is 45.2 Å². The minimum absolute atomic E-state index is 0.479. The number of aryl methyl sites for hydroxylation is 1. The molecule has 1 fully saturated rings. The van der Waals surface area contributed by atoms with Crippen molar-refractivity contribution < 1.29 is 0 Å². The van der Waals surface area contributed by atoms with Gasteiger partial charge in [-0.25, -0.2) is 4.98 Å². The molecule has 14 heavy (non-hydrogen) atoms. The van der Waals surface area contributed by atoms with Gasteiger partial charge in [-0.3, -0.25) is 0 Å². The predicted octanol–water partition coefficient (Wildman–Crippen LogP) is 2.11. The van der Waals surface area contributed by atoms with Crippen LogP contribution in [0.3, 0.4) is 0 Å². The number of hydrogen-bond acceptors (Lipinski definition) is 2. The third kappa shape index (κ3) is 1.98. The lowest BCUT2D eigenvalue weighted by molar-refractivity contribution is 0.483. The second-order valence-corrected chi connectivity index (χ2v) is 3.93. The summed E-state index contributed by atoms with van der Waals surface area (Å²) in [5.74, 6) is 1.22. The first-order valence-electron chi connectivity index (χ1n) is 5.66. The molecule has 1 aromatic heterocycles. The molecule has 1 unspecified atom stereocenters. The standard InChI is InChI=1S/C11H19N3/c1-2-14-9-8-13-11(14)10-6-4-3-5-7-12-10/h8-10,12H,2-7H2,1H3. The number of hydrogen-bond donors (Lipinski definition) is 1. The molecule has 78 valence electrons. The molecule has 0 spiro atoms. The van der Waals surface area contributed by atoms with E-state index in [9.17, 15) is 0 Å². The van der Waals surface area contributed by atoms with Gasteiger partial charge in [0.05, 0.1) is 6.04 Å². The molecule has 1 aromatic rings.